The molecule has 0 amide bonds. The van der Waals surface area contributed by atoms with Crippen LogP contribution in [-0.2, 0) is 0 Å². The summed E-state index contributed by atoms with van der Waals surface area (Å²) in [6.45, 7) is 3.30. The van der Waals surface area contributed by atoms with Crippen molar-refractivity contribution in [1.29, 1.82) is 5.41 Å². The van der Waals surface area contributed by atoms with Gasteiger partial charge in [-0.1, -0.05) is 13.3 Å². The molecule has 1 rings (SSSR count). The van der Waals surface area contributed by atoms with Gasteiger partial charge in [0.2, 0.25) is 0 Å². The Morgan fingerprint density at radius 2 is 2.36 bits per heavy atom. The van der Waals surface area contributed by atoms with Crippen LogP contribution in [0.5, 0.6) is 0 Å². The molecular weight excluding hydrogens is 136 g/mol. The first kappa shape index (κ1) is 8.72. The first-order valence-corrected chi connectivity index (χ1v) is 4.50. The molecular formula is C9H18N2. The topological polar surface area (TPSA) is 27.1 Å². The molecule has 0 bridgehead atoms. The summed E-state index contributed by atoms with van der Waals surface area (Å²) >= 11 is 0. The highest BCUT2D eigenvalue weighted by Crippen LogP contribution is 2.16. The van der Waals surface area contributed by atoms with E-state index in [-0.39, 0.29) is 0 Å². The second kappa shape index (κ2) is 3.86. The van der Waals surface area contributed by atoms with Crippen molar-refractivity contribution in [2.75, 3.05) is 13.6 Å². The molecule has 0 unspecified atom stereocenters. The van der Waals surface area contributed by atoms with E-state index in [2.05, 4.69) is 18.9 Å². The van der Waals surface area contributed by atoms with Gasteiger partial charge >= 0.3 is 0 Å². The Morgan fingerprint density at radius 1 is 1.64 bits per heavy atom. The van der Waals surface area contributed by atoms with E-state index in [9.17, 15) is 0 Å². The Hall–Kier alpha value is -0.370. The molecule has 0 aromatic rings. The highest BCUT2D eigenvalue weighted by molar-refractivity contribution is 5.82. The van der Waals surface area contributed by atoms with Gasteiger partial charge in [0, 0.05) is 24.7 Å². The number of likely N-dealkylation sites (tertiary alicyclic amines) is 1. The van der Waals surface area contributed by atoms with E-state index >= 15 is 0 Å². The lowest BCUT2D eigenvalue weighted by molar-refractivity contribution is 0.223. The average molecular weight is 154 g/mol. The average Bonchev–Trinajstić information content (AvgIpc) is 1.98. The van der Waals surface area contributed by atoms with Gasteiger partial charge in [-0.15, -0.1) is 0 Å². The van der Waals surface area contributed by atoms with Crippen LogP contribution in [-0.4, -0.2) is 30.2 Å². The minimum absolute atomic E-state index is 0.654. The molecule has 1 aliphatic heterocycles. The summed E-state index contributed by atoms with van der Waals surface area (Å²) in [6.07, 6.45) is 4.47. The van der Waals surface area contributed by atoms with E-state index in [1.807, 2.05) is 0 Å². The number of nitrogens with zero attached hydrogens (tertiary/aromatic N) is 1. The summed E-state index contributed by atoms with van der Waals surface area (Å²) in [5.41, 5.74) is 0.946. The molecule has 0 aliphatic carbocycles. The smallest absolute Gasteiger partial charge is 0.0144 e. The van der Waals surface area contributed by atoms with Crippen LogP contribution < -0.4 is 0 Å². The van der Waals surface area contributed by atoms with E-state index < -0.39 is 0 Å². The standard InChI is InChI=1S/C9H18N2/c1-3-4-9-7-8(10)5-6-11(9)2/h9-10H,3-7H2,1-2H3/t9-/m0/s1. The van der Waals surface area contributed by atoms with Crippen LogP contribution in [0.4, 0.5) is 0 Å². The third-order valence-corrected chi connectivity index (χ3v) is 2.49. The Balaban J connectivity index is 2.40. The van der Waals surface area contributed by atoms with Crippen LogP contribution >= 0.6 is 0 Å². The minimum Gasteiger partial charge on any atom is -0.310 e. The lowest BCUT2D eigenvalue weighted by Crippen LogP contribution is -2.39. The normalized spacial score (nSPS) is 27.5. The van der Waals surface area contributed by atoms with Gasteiger partial charge in [0.1, 0.15) is 0 Å². The van der Waals surface area contributed by atoms with Crippen LogP contribution in [0.1, 0.15) is 32.6 Å². The van der Waals surface area contributed by atoms with Crippen molar-refractivity contribution in [3.8, 4) is 0 Å². The quantitative estimate of drug-likeness (QED) is 0.646. The lowest BCUT2D eigenvalue weighted by atomic mass is 9.97. The summed E-state index contributed by atoms with van der Waals surface area (Å²) in [6, 6.07) is 0.654. The van der Waals surface area contributed by atoms with Crippen LogP contribution in [0.25, 0.3) is 0 Å². The van der Waals surface area contributed by atoms with Gasteiger partial charge in [-0.05, 0) is 19.9 Å². The maximum Gasteiger partial charge on any atom is 0.0144 e. The molecule has 11 heavy (non-hydrogen) atoms. The van der Waals surface area contributed by atoms with Gasteiger partial charge in [-0.2, -0.15) is 0 Å². The van der Waals surface area contributed by atoms with E-state index in [4.69, 9.17) is 5.41 Å². The first-order chi connectivity index (χ1) is 5.24. The van der Waals surface area contributed by atoms with E-state index in [0.717, 1.165) is 25.1 Å². The van der Waals surface area contributed by atoms with Gasteiger partial charge in [-0.25, -0.2) is 0 Å². The maximum absolute atomic E-state index is 7.56. The number of nitrogens with one attached hydrogen (secondary N) is 1. The third kappa shape index (κ3) is 2.29. The van der Waals surface area contributed by atoms with Gasteiger partial charge in [0.15, 0.2) is 0 Å². The van der Waals surface area contributed by atoms with Crippen molar-refractivity contribution in [2.24, 2.45) is 0 Å². The number of hydrogen-bond donors (Lipinski definition) is 1. The molecule has 64 valence electrons. The first-order valence-electron chi connectivity index (χ1n) is 4.50. The Bertz CT molecular complexity index is 142. The lowest BCUT2D eigenvalue weighted by Gasteiger charge is -2.32. The zero-order valence-electron chi connectivity index (χ0n) is 7.56. The second-order valence-electron chi connectivity index (χ2n) is 3.48. The van der Waals surface area contributed by atoms with Crippen molar-refractivity contribution in [3.05, 3.63) is 0 Å². The molecule has 0 spiro atoms. The van der Waals surface area contributed by atoms with Crippen LogP contribution in [0.15, 0.2) is 0 Å². The molecule has 0 saturated carbocycles. The second-order valence-corrected chi connectivity index (χ2v) is 3.48. The van der Waals surface area contributed by atoms with Crippen LogP contribution in [0.3, 0.4) is 0 Å². The number of piperidine rings is 1. The molecule has 2 nitrogen and oxygen atoms in total. The van der Waals surface area contributed by atoms with E-state index in [1.165, 1.54) is 12.8 Å². The summed E-state index contributed by atoms with van der Waals surface area (Å²) in [4.78, 5) is 2.39. The number of hydrogen-bond acceptors (Lipinski definition) is 2. The summed E-state index contributed by atoms with van der Waals surface area (Å²) in [7, 11) is 2.17. The zero-order chi connectivity index (χ0) is 8.27. The van der Waals surface area contributed by atoms with Gasteiger partial charge in [0.25, 0.3) is 0 Å². The minimum atomic E-state index is 0.654. The summed E-state index contributed by atoms with van der Waals surface area (Å²) in [5.74, 6) is 0. The molecule has 1 heterocycles. The monoisotopic (exact) mass is 154 g/mol. The van der Waals surface area contributed by atoms with Crippen LogP contribution in [0, 0.1) is 5.41 Å². The van der Waals surface area contributed by atoms with Crippen molar-refractivity contribution in [2.45, 2.75) is 38.6 Å². The van der Waals surface area contributed by atoms with Gasteiger partial charge in [0.05, 0.1) is 0 Å². The highest BCUT2D eigenvalue weighted by Gasteiger charge is 2.20. The van der Waals surface area contributed by atoms with E-state index in [0.29, 0.717) is 6.04 Å². The maximum atomic E-state index is 7.56. The molecule has 0 aromatic carbocycles. The largest absolute Gasteiger partial charge is 0.310 e. The molecule has 1 N–H and O–H groups in total. The fourth-order valence-electron chi connectivity index (χ4n) is 1.69. The summed E-state index contributed by atoms with van der Waals surface area (Å²) in [5, 5.41) is 7.56. The van der Waals surface area contributed by atoms with Gasteiger partial charge in [-0.3, -0.25) is 0 Å². The zero-order valence-corrected chi connectivity index (χ0v) is 7.56. The fourth-order valence-corrected chi connectivity index (χ4v) is 1.69. The van der Waals surface area contributed by atoms with Crippen LogP contribution in [0.2, 0.25) is 0 Å². The molecule has 2 heteroatoms. The fraction of sp³-hybridized carbons (Fsp3) is 0.889. The SMILES string of the molecule is CCC[C@H]1CC(=N)CCN1C. The Kier molecular flexibility index (Phi) is 3.06. The third-order valence-electron chi connectivity index (χ3n) is 2.49. The van der Waals surface area contributed by atoms with Crippen molar-refractivity contribution in [1.82, 2.24) is 4.90 Å². The molecule has 1 aliphatic rings. The predicted octanol–water partition coefficient (Wildman–Crippen LogP) is 1.90. The van der Waals surface area contributed by atoms with Crippen molar-refractivity contribution < 1.29 is 0 Å². The molecule has 1 saturated heterocycles. The molecule has 1 fully saturated rings. The molecule has 0 radical (unpaired) electrons. The highest BCUT2D eigenvalue weighted by atomic mass is 15.1. The molecule has 0 aromatic heterocycles. The van der Waals surface area contributed by atoms with Crippen molar-refractivity contribution >= 4 is 5.71 Å². The Morgan fingerprint density at radius 3 is 3.00 bits per heavy atom. The van der Waals surface area contributed by atoms with E-state index in [1.54, 1.807) is 0 Å². The van der Waals surface area contributed by atoms with Crippen molar-refractivity contribution in [3.63, 3.8) is 0 Å². The molecule has 1 atom stereocenters. The predicted molar refractivity (Wildman–Crippen MR) is 48.3 cm³/mol. The Labute approximate surface area is 69.1 Å². The summed E-state index contributed by atoms with van der Waals surface area (Å²) < 4.78 is 0. The number of rotatable bonds is 2. The van der Waals surface area contributed by atoms with Gasteiger partial charge < -0.3 is 10.3 Å².